The average molecular weight is 287 g/mol. The molecule has 1 aromatic carbocycles. The maximum absolute atomic E-state index is 5.95. The smallest absolute Gasteiger partial charge is 0.129 e. The lowest BCUT2D eigenvalue weighted by Gasteiger charge is -2.19. The van der Waals surface area contributed by atoms with E-state index in [0.717, 1.165) is 24.5 Å². The summed E-state index contributed by atoms with van der Waals surface area (Å²) >= 11 is 0. The van der Waals surface area contributed by atoms with Gasteiger partial charge in [-0.3, -0.25) is 0 Å². The highest BCUT2D eigenvalue weighted by Gasteiger charge is 2.19. The van der Waals surface area contributed by atoms with E-state index >= 15 is 0 Å². The molecule has 114 valence electrons. The van der Waals surface area contributed by atoms with Crippen LogP contribution in [0.5, 0.6) is 0 Å². The van der Waals surface area contributed by atoms with Crippen LogP contribution in [-0.4, -0.2) is 13.7 Å². The molecule has 2 rings (SSSR count). The minimum Gasteiger partial charge on any atom is -0.462 e. The first kappa shape index (κ1) is 15.8. The van der Waals surface area contributed by atoms with Crippen LogP contribution in [0.25, 0.3) is 0 Å². The Morgan fingerprint density at radius 1 is 1.19 bits per heavy atom. The maximum atomic E-state index is 5.95. The number of rotatable bonds is 7. The van der Waals surface area contributed by atoms with Crippen LogP contribution in [0.2, 0.25) is 0 Å². The first-order valence-electron chi connectivity index (χ1n) is 7.53. The fraction of sp³-hybridized carbons (Fsp3) is 0.444. The maximum Gasteiger partial charge on any atom is 0.129 e. The molecular formula is C18H25NO2. The zero-order valence-electron chi connectivity index (χ0n) is 13.4. The van der Waals surface area contributed by atoms with Crippen molar-refractivity contribution >= 4 is 0 Å². The number of hydrogen-bond acceptors (Lipinski definition) is 3. The molecule has 0 bridgehead atoms. The summed E-state index contributed by atoms with van der Waals surface area (Å²) in [5.74, 6) is 1.81. The summed E-state index contributed by atoms with van der Waals surface area (Å²) in [6, 6.07) is 10.7. The average Bonchev–Trinajstić information content (AvgIpc) is 2.92. The molecule has 0 aliphatic carbocycles. The van der Waals surface area contributed by atoms with Crippen molar-refractivity contribution in [3.8, 4) is 0 Å². The third kappa shape index (κ3) is 3.96. The highest BCUT2D eigenvalue weighted by atomic mass is 16.5. The second-order valence-electron chi connectivity index (χ2n) is 5.48. The summed E-state index contributed by atoms with van der Waals surface area (Å²) in [5, 5.41) is 3.59. The number of ether oxygens (including phenoxy) is 1. The summed E-state index contributed by atoms with van der Waals surface area (Å²) in [6.07, 6.45) is 1.09. The van der Waals surface area contributed by atoms with Crippen molar-refractivity contribution in [3.05, 3.63) is 58.5 Å². The van der Waals surface area contributed by atoms with Crippen LogP contribution >= 0.6 is 0 Å². The fourth-order valence-electron chi connectivity index (χ4n) is 2.49. The first-order chi connectivity index (χ1) is 10.2. The summed E-state index contributed by atoms with van der Waals surface area (Å²) in [5.41, 5.74) is 3.82. The van der Waals surface area contributed by atoms with Crippen molar-refractivity contribution in [2.75, 3.05) is 13.7 Å². The topological polar surface area (TPSA) is 34.4 Å². The highest BCUT2D eigenvalue weighted by molar-refractivity contribution is 5.37. The lowest BCUT2D eigenvalue weighted by atomic mass is 9.97. The van der Waals surface area contributed by atoms with E-state index in [9.17, 15) is 0 Å². The monoisotopic (exact) mass is 287 g/mol. The number of nitrogens with one attached hydrogen (secondary N) is 1. The second kappa shape index (κ2) is 7.43. The Morgan fingerprint density at radius 3 is 2.71 bits per heavy atom. The number of furan rings is 1. The van der Waals surface area contributed by atoms with Crippen LogP contribution in [-0.2, 0) is 11.3 Å². The third-order valence-corrected chi connectivity index (χ3v) is 3.60. The normalized spacial score (nSPS) is 12.6. The van der Waals surface area contributed by atoms with E-state index in [0.29, 0.717) is 6.61 Å². The van der Waals surface area contributed by atoms with E-state index < -0.39 is 0 Å². The van der Waals surface area contributed by atoms with Gasteiger partial charge in [0.1, 0.15) is 18.1 Å². The minimum absolute atomic E-state index is 0.0930. The molecule has 1 atom stereocenters. The van der Waals surface area contributed by atoms with Crippen molar-refractivity contribution in [2.45, 2.75) is 39.8 Å². The van der Waals surface area contributed by atoms with Gasteiger partial charge >= 0.3 is 0 Å². The molecule has 1 heterocycles. The van der Waals surface area contributed by atoms with E-state index in [1.807, 2.05) is 12.1 Å². The molecule has 0 aliphatic rings. The molecule has 0 fully saturated rings. The number of hydrogen-bond donors (Lipinski definition) is 1. The molecule has 0 saturated heterocycles. The molecule has 0 radical (unpaired) electrons. The molecule has 1 aromatic heterocycles. The van der Waals surface area contributed by atoms with E-state index in [4.69, 9.17) is 9.15 Å². The minimum atomic E-state index is 0.0930. The van der Waals surface area contributed by atoms with Crippen molar-refractivity contribution < 1.29 is 9.15 Å². The van der Waals surface area contributed by atoms with E-state index in [2.05, 4.69) is 44.3 Å². The Kier molecular flexibility index (Phi) is 5.59. The van der Waals surface area contributed by atoms with Crippen LogP contribution in [0.1, 0.15) is 47.6 Å². The third-order valence-electron chi connectivity index (χ3n) is 3.60. The van der Waals surface area contributed by atoms with Gasteiger partial charge in [-0.05, 0) is 50.1 Å². The van der Waals surface area contributed by atoms with Crippen LogP contribution in [0.3, 0.4) is 0 Å². The van der Waals surface area contributed by atoms with Crippen molar-refractivity contribution in [1.82, 2.24) is 5.32 Å². The Bertz CT molecular complexity index is 574. The number of methoxy groups -OCH3 is 1. The lowest BCUT2D eigenvalue weighted by molar-refractivity contribution is 0.162. The predicted octanol–water partition coefficient (Wildman–Crippen LogP) is 4.13. The molecule has 2 aromatic rings. The quantitative estimate of drug-likeness (QED) is 0.831. The predicted molar refractivity (Wildman–Crippen MR) is 85.5 cm³/mol. The highest BCUT2D eigenvalue weighted by Crippen LogP contribution is 2.27. The molecule has 0 saturated carbocycles. The van der Waals surface area contributed by atoms with Gasteiger partial charge in [0.2, 0.25) is 0 Å². The number of benzene rings is 1. The second-order valence-corrected chi connectivity index (χ2v) is 5.48. The molecule has 21 heavy (non-hydrogen) atoms. The Balaban J connectivity index is 2.34. The van der Waals surface area contributed by atoms with Gasteiger partial charge in [-0.2, -0.15) is 0 Å². The standard InChI is InChI=1S/C18H25NO2/c1-5-10-19-18(16-11-13(2)6-7-14(16)3)17-9-8-15(21-17)12-20-4/h6-9,11,18-19H,5,10,12H2,1-4H3. The Hall–Kier alpha value is -1.58. The van der Waals surface area contributed by atoms with Gasteiger partial charge in [0.25, 0.3) is 0 Å². The van der Waals surface area contributed by atoms with Crippen LogP contribution in [0, 0.1) is 13.8 Å². The van der Waals surface area contributed by atoms with Gasteiger partial charge in [-0.15, -0.1) is 0 Å². The fourth-order valence-corrected chi connectivity index (χ4v) is 2.49. The molecule has 1 unspecified atom stereocenters. The van der Waals surface area contributed by atoms with E-state index in [1.165, 1.54) is 16.7 Å². The molecule has 3 nitrogen and oxygen atoms in total. The molecule has 0 spiro atoms. The summed E-state index contributed by atoms with van der Waals surface area (Å²) in [4.78, 5) is 0. The van der Waals surface area contributed by atoms with Gasteiger partial charge in [-0.1, -0.05) is 30.7 Å². The largest absolute Gasteiger partial charge is 0.462 e. The molecule has 0 aliphatic heterocycles. The van der Waals surface area contributed by atoms with E-state index in [-0.39, 0.29) is 6.04 Å². The van der Waals surface area contributed by atoms with Gasteiger partial charge < -0.3 is 14.5 Å². The molecule has 3 heteroatoms. The van der Waals surface area contributed by atoms with Crippen molar-refractivity contribution in [3.63, 3.8) is 0 Å². The Morgan fingerprint density at radius 2 is 2.00 bits per heavy atom. The number of aryl methyl sites for hydroxylation is 2. The zero-order valence-corrected chi connectivity index (χ0v) is 13.4. The van der Waals surface area contributed by atoms with Crippen molar-refractivity contribution in [2.24, 2.45) is 0 Å². The van der Waals surface area contributed by atoms with E-state index in [1.54, 1.807) is 7.11 Å². The summed E-state index contributed by atoms with van der Waals surface area (Å²) < 4.78 is 11.1. The lowest BCUT2D eigenvalue weighted by Crippen LogP contribution is -2.23. The summed E-state index contributed by atoms with van der Waals surface area (Å²) in [6.45, 7) is 7.91. The molecule has 0 amide bonds. The first-order valence-corrected chi connectivity index (χ1v) is 7.53. The van der Waals surface area contributed by atoms with Crippen molar-refractivity contribution in [1.29, 1.82) is 0 Å². The summed E-state index contributed by atoms with van der Waals surface area (Å²) in [7, 11) is 1.68. The molecule has 1 N–H and O–H groups in total. The van der Waals surface area contributed by atoms with Crippen LogP contribution < -0.4 is 5.32 Å². The van der Waals surface area contributed by atoms with Crippen LogP contribution in [0.4, 0.5) is 0 Å². The molecular weight excluding hydrogens is 262 g/mol. The Labute approximate surface area is 127 Å². The van der Waals surface area contributed by atoms with Crippen LogP contribution in [0.15, 0.2) is 34.7 Å². The van der Waals surface area contributed by atoms with Gasteiger partial charge in [0.05, 0.1) is 6.04 Å². The SMILES string of the molecule is CCCNC(c1ccc(COC)o1)c1cc(C)ccc1C. The van der Waals surface area contributed by atoms with Gasteiger partial charge in [-0.25, -0.2) is 0 Å². The van der Waals surface area contributed by atoms with Gasteiger partial charge in [0.15, 0.2) is 0 Å². The zero-order chi connectivity index (χ0) is 15.2. The van der Waals surface area contributed by atoms with Gasteiger partial charge in [0, 0.05) is 7.11 Å².